The third kappa shape index (κ3) is 0.657. The predicted molar refractivity (Wildman–Crippen MR) is 41.8 cm³/mol. The Kier molecular flexibility index (Phi) is 1.07. The number of anilines is 1. The summed E-state index contributed by atoms with van der Waals surface area (Å²) in [6, 6.07) is 0. The summed E-state index contributed by atoms with van der Waals surface area (Å²) < 4.78 is 0. The number of thiophene rings is 1. The molecule has 2 aromatic heterocycles. The predicted octanol–water partition coefficient (Wildman–Crippen LogP) is 1.27. The third-order valence-electron chi connectivity index (χ3n) is 1.31. The second-order valence-corrected chi connectivity index (χ2v) is 2.67. The monoisotopic (exact) mass is 151 g/mol. The van der Waals surface area contributed by atoms with Crippen molar-refractivity contribution in [3.63, 3.8) is 0 Å². The Morgan fingerprint density at radius 3 is 3.00 bits per heavy atom. The largest absolute Gasteiger partial charge is 0.383 e. The Morgan fingerprint density at radius 1 is 1.30 bits per heavy atom. The first-order valence-corrected chi connectivity index (χ1v) is 3.74. The second-order valence-electron chi connectivity index (χ2n) is 1.93. The summed E-state index contributed by atoms with van der Waals surface area (Å²) in [6.07, 6.45) is 1.48. The highest BCUT2D eigenvalue weighted by atomic mass is 32.1. The molecule has 0 radical (unpaired) electrons. The van der Waals surface area contributed by atoms with Gasteiger partial charge in [0.15, 0.2) is 0 Å². The van der Waals surface area contributed by atoms with Crippen LogP contribution in [0.25, 0.3) is 10.9 Å². The molecule has 0 unspecified atom stereocenters. The van der Waals surface area contributed by atoms with Crippen LogP contribution in [0.2, 0.25) is 0 Å². The van der Waals surface area contributed by atoms with Crippen LogP contribution in [0.5, 0.6) is 0 Å². The molecule has 0 atom stereocenters. The van der Waals surface area contributed by atoms with Gasteiger partial charge in [0, 0.05) is 10.8 Å². The highest BCUT2D eigenvalue weighted by Crippen LogP contribution is 2.19. The van der Waals surface area contributed by atoms with Gasteiger partial charge in [-0.3, -0.25) is 0 Å². The third-order valence-corrected chi connectivity index (χ3v) is 2.04. The zero-order chi connectivity index (χ0) is 6.97. The minimum Gasteiger partial charge on any atom is -0.383 e. The van der Waals surface area contributed by atoms with Crippen LogP contribution in [0.3, 0.4) is 0 Å². The molecule has 10 heavy (non-hydrogen) atoms. The van der Waals surface area contributed by atoms with Gasteiger partial charge in [-0.2, -0.15) is 0 Å². The first-order chi connectivity index (χ1) is 4.88. The summed E-state index contributed by atoms with van der Waals surface area (Å²) in [5, 5.41) is 4.85. The number of nitrogen functional groups attached to an aromatic ring is 1. The van der Waals surface area contributed by atoms with E-state index in [-0.39, 0.29) is 0 Å². The Bertz CT molecular complexity index is 355. The molecule has 0 saturated carbocycles. The van der Waals surface area contributed by atoms with E-state index >= 15 is 0 Å². The van der Waals surface area contributed by atoms with Gasteiger partial charge in [0.05, 0.1) is 10.9 Å². The number of aromatic nitrogens is 2. The van der Waals surface area contributed by atoms with E-state index in [4.69, 9.17) is 5.73 Å². The normalized spacial score (nSPS) is 10.4. The van der Waals surface area contributed by atoms with Crippen LogP contribution in [-0.2, 0) is 0 Å². The molecular weight excluding hydrogens is 146 g/mol. The van der Waals surface area contributed by atoms with Gasteiger partial charge in [-0.05, 0) is 0 Å². The Labute approximate surface area is 61.5 Å². The maximum atomic E-state index is 5.56. The van der Waals surface area contributed by atoms with E-state index in [1.54, 1.807) is 11.3 Å². The summed E-state index contributed by atoms with van der Waals surface area (Å²) in [4.78, 5) is 7.87. The zero-order valence-electron chi connectivity index (χ0n) is 5.11. The lowest BCUT2D eigenvalue weighted by Gasteiger charge is -1.90. The Hall–Kier alpha value is -1.16. The SMILES string of the molecule is Nc1ncnc2cscc12. The molecule has 3 nitrogen and oxygen atoms in total. The molecular formula is C6H5N3S. The van der Waals surface area contributed by atoms with E-state index in [9.17, 15) is 0 Å². The molecule has 0 aromatic carbocycles. The fraction of sp³-hybridized carbons (Fsp3) is 0. The van der Waals surface area contributed by atoms with Gasteiger partial charge in [-0.1, -0.05) is 0 Å². The highest BCUT2D eigenvalue weighted by molar-refractivity contribution is 7.09. The summed E-state index contributed by atoms with van der Waals surface area (Å²) >= 11 is 1.58. The highest BCUT2D eigenvalue weighted by Gasteiger charge is 1.97. The molecule has 0 saturated heterocycles. The van der Waals surface area contributed by atoms with Crippen LogP contribution in [0.1, 0.15) is 0 Å². The number of fused-ring (bicyclic) bond motifs is 1. The van der Waals surface area contributed by atoms with Crippen molar-refractivity contribution in [2.24, 2.45) is 0 Å². The molecule has 0 aliphatic carbocycles. The summed E-state index contributed by atoms with van der Waals surface area (Å²) in [7, 11) is 0. The number of hydrogen-bond acceptors (Lipinski definition) is 4. The lowest BCUT2D eigenvalue weighted by molar-refractivity contribution is 1.24. The molecule has 50 valence electrons. The van der Waals surface area contributed by atoms with Gasteiger partial charge in [0.25, 0.3) is 0 Å². The van der Waals surface area contributed by atoms with Crippen LogP contribution >= 0.6 is 11.3 Å². The average Bonchev–Trinajstić information content (AvgIpc) is 2.36. The van der Waals surface area contributed by atoms with Crippen LogP contribution in [0, 0.1) is 0 Å². The van der Waals surface area contributed by atoms with Crippen molar-refractivity contribution in [2.45, 2.75) is 0 Å². The van der Waals surface area contributed by atoms with E-state index in [2.05, 4.69) is 9.97 Å². The standard InChI is InChI=1S/C6H5N3S/c7-6-4-1-10-2-5(4)8-3-9-6/h1-3H,(H2,7,8,9). The maximum absolute atomic E-state index is 5.56. The molecule has 4 heteroatoms. The fourth-order valence-electron chi connectivity index (χ4n) is 0.805. The first-order valence-electron chi connectivity index (χ1n) is 2.80. The van der Waals surface area contributed by atoms with Crippen molar-refractivity contribution in [1.29, 1.82) is 0 Å². The minimum absolute atomic E-state index is 0.561. The number of nitrogens with two attached hydrogens (primary N) is 1. The lowest BCUT2D eigenvalue weighted by atomic mass is 10.4. The van der Waals surface area contributed by atoms with Gasteiger partial charge in [0.2, 0.25) is 0 Å². The van der Waals surface area contributed by atoms with Crippen LogP contribution in [0.4, 0.5) is 5.82 Å². The maximum Gasteiger partial charge on any atom is 0.135 e. The quantitative estimate of drug-likeness (QED) is 0.617. The van der Waals surface area contributed by atoms with Gasteiger partial charge < -0.3 is 5.73 Å². The Balaban J connectivity index is 2.95. The molecule has 0 bridgehead atoms. The molecule has 0 aliphatic rings. The van der Waals surface area contributed by atoms with Gasteiger partial charge in [-0.15, -0.1) is 11.3 Å². The van der Waals surface area contributed by atoms with Crippen molar-refractivity contribution in [1.82, 2.24) is 9.97 Å². The molecule has 2 rings (SSSR count). The van der Waals surface area contributed by atoms with Crippen LogP contribution in [-0.4, -0.2) is 9.97 Å². The number of hydrogen-bond donors (Lipinski definition) is 1. The summed E-state index contributed by atoms with van der Waals surface area (Å²) in [5.41, 5.74) is 6.48. The van der Waals surface area contributed by atoms with Gasteiger partial charge in [0.1, 0.15) is 12.1 Å². The van der Waals surface area contributed by atoms with Crippen molar-refractivity contribution in [2.75, 3.05) is 5.73 Å². The smallest absolute Gasteiger partial charge is 0.135 e. The molecule has 2 heterocycles. The van der Waals surface area contributed by atoms with Crippen molar-refractivity contribution >= 4 is 28.1 Å². The minimum atomic E-state index is 0.561. The molecule has 2 N–H and O–H groups in total. The van der Waals surface area contributed by atoms with E-state index in [0.717, 1.165) is 10.9 Å². The molecule has 2 aromatic rings. The topological polar surface area (TPSA) is 51.8 Å². The summed E-state index contributed by atoms with van der Waals surface area (Å²) in [5.74, 6) is 0.561. The van der Waals surface area contributed by atoms with Crippen LogP contribution in [0.15, 0.2) is 17.1 Å². The van der Waals surface area contributed by atoms with Gasteiger partial charge in [-0.25, -0.2) is 9.97 Å². The molecule has 0 aliphatic heterocycles. The number of nitrogens with zero attached hydrogens (tertiary/aromatic N) is 2. The molecule has 0 fully saturated rings. The van der Waals surface area contributed by atoms with Gasteiger partial charge >= 0.3 is 0 Å². The lowest BCUT2D eigenvalue weighted by Crippen LogP contribution is -1.89. The fourth-order valence-corrected chi connectivity index (χ4v) is 1.57. The average molecular weight is 151 g/mol. The van der Waals surface area contributed by atoms with Crippen molar-refractivity contribution < 1.29 is 0 Å². The van der Waals surface area contributed by atoms with E-state index in [0.29, 0.717) is 5.82 Å². The first kappa shape index (κ1) is 5.61. The van der Waals surface area contributed by atoms with E-state index in [1.165, 1.54) is 6.33 Å². The molecule has 0 spiro atoms. The zero-order valence-corrected chi connectivity index (χ0v) is 5.93. The second kappa shape index (κ2) is 1.91. The van der Waals surface area contributed by atoms with E-state index < -0.39 is 0 Å². The number of rotatable bonds is 0. The van der Waals surface area contributed by atoms with Crippen molar-refractivity contribution in [3.8, 4) is 0 Å². The molecule has 0 amide bonds. The Morgan fingerprint density at radius 2 is 2.20 bits per heavy atom. The van der Waals surface area contributed by atoms with E-state index in [1.807, 2.05) is 10.8 Å². The summed E-state index contributed by atoms with van der Waals surface area (Å²) in [6.45, 7) is 0. The van der Waals surface area contributed by atoms with Crippen LogP contribution < -0.4 is 5.73 Å². The van der Waals surface area contributed by atoms with Crippen molar-refractivity contribution in [3.05, 3.63) is 17.1 Å².